The number of rotatable bonds is 2. The van der Waals surface area contributed by atoms with E-state index in [9.17, 15) is 18.0 Å². The molecule has 0 amide bonds. The van der Waals surface area contributed by atoms with E-state index in [4.69, 9.17) is 16.7 Å². The van der Waals surface area contributed by atoms with Gasteiger partial charge in [0, 0.05) is 21.5 Å². The number of aromatic nitrogens is 1. The Bertz CT molecular complexity index is 915. The van der Waals surface area contributed by atoms with Crippen LogP contribution in [0.1, 0.15) is 16.1 Å². The second-order valence-electron chi connectivity index (χ2n) is 4.95. The zero-order chi connectivity index (χ0) is 16.8. The molecule has 0 aliphatic heterocycles. The Labute approximate surface area is 133 Å². The third-order valence-electron chi connectivity index (χ3n) is 3.46. The number of H-pyrrole nitrogens is 1. The molecule has 2 aromatic carbocycles. The molecule has 3 rings (SSSR count). The summed E-state index contributed by atoms with van der Waals surface area (Å²) in [7, 11) is 0. The standard InChI is InChI=1S/C16H9ClF3NO2/c17-12-4-2-1-3-9(12)10-5-8(16(18,19)20)6-13-11(10)7-14(21-13)15(22)23/h1-7,21H,(H,22,23). The van der Waals surface area contributed by atoms with Gasteiger partial charge in [-0.2, -0.15) is 13.2 Å². The summed E-state index contributed by atoms with van der Waals surface area (Å²) in [5.41, 5.74) is -0.344. The molecule has 1 aromatic heterocycles. The lowest BCUT2D eigenvalue weighted by Crippen LogP contribution is -2.05. The summed E-state index contributed by atoms with van der Waals surface area (Å²) in [6, 6.07) is 9.63. The van der Waals surface area contributed by atoms with Gasteiger partial charge in [-0.15, -0.1) is 0 Å². The van der Waals surface area contributed by atoms with E-state index >= 15 is 0 Å². The monoisotopic (exact) mass is 339 g/mol. The number of halogens is 4. The van der Waals surface area contributed by atoms with Crippen LogP contribution in [0.15, 0.2) is 42.5 Å². The number of carboxylic acids is 1. The Morgan fingerprint density at radius 1 is 1.09 bits per heavy atom. The van der Waals surface area contributed by atoms with Gasteiger partial charge in [0.25, 0.3) is 0 Å². The lowest BCUT2D eigenvalue weighted by atomic mass is 9.98. The Morgan fingerprint density at radius 3 is 2.39 bits per heavy atom. The third kappa shape index (κ3) is 2.77. The van der Waals surface area contributed by atoms with E-state index in [2.05, 4.69) is 4.98 Å². The number of hydrogen-bond donors (Lipinski definition) is 2. The first-order valence-corrected chi connectivity index (χ1v) is 6.87. The molecule has 0 spiro atoms. The van der Waals surface area contributed by atoms with Crippen molar-refractivity contribution < 1.29 is 23.1 Å². The van der Waals surface area contributed by atoms with Gasteiger partial charge in [-0.05, 0) is 29.8 Å². The van der Waals surface area contributed by atoms with Crippen LogP contribution in [0.2, 0.25) is 5.02 Å². The van der Waals surface area contributed by atoms with Crippen molar-refractivity contribution in [2.24, 2.45) is 0 Å². The van der Waals surface area contributed by atoms with Gasteiger partial charge in [0.2, 0.25) is 0 Å². The van der Waals surface area contributed by atoms with Crippen molar-refractivity contribution >= 4 is 28.5 Å². The van der Waals surface area contributed by atoms with E-state index in [1.165, 1.54) is 6.07 Å². The lowest BCUT2D eigenvalue weighted by molar-refractivity contribution is -0.137. The second kappa shape index (κ2) is 5.31. The number of benzene rings is 2. The van der Waals surface area contributed by atoms with Gasteiger partial charge < -0.3 is 10.1 Å². The maximum absolute atomic E-state index is 13.1. The molecule has 0 saturated heterocycles. The van der Waals surface area contributed by atoms with Crippen molar-refractivity contribution in [3.8, 4) is 11.1 Å². The number of nitrogens with one attached hydrogen (secondary N) is 1. The summed E-state index contributed by atoms with van der Waals surface area (Å²) in [5, 5.41) is 9.70. The summed E-state index contributed by atoms with van der Waals surface area (Å²) in [6.45, 7) is 0. The summed E-state index contributed by atoms with van der Waals surface area (Å²) in [4.78, 5) is 13.6. The molecule has 3 aromatic rings. The molecule has 2 N–H and O–H groups in total. The first-order chi connectivity index (χ1) is 10.8. The number of fused-ring (bicyclic) bond motifs is 1. The largest absolute Gasteiger partial charge is 0.477 e. The molecule has 3 nitrogen and oxygen atoms in total. The fourth-order valence-electron chi connectivity index (χ4n) is 2.42. The highest BCUT2D eigenvalue weighted by Gasteiger charge is 2.32. The van der Waals surface area contributed by atoms with Crippen LogP contribution < -0.4 is 0 Å². The van der Waals surface area contributed by atoms with Crippen LogP contribution >= 0.6 is 11.6 Å². The number of aromatic amines is 1. The van der Waals surface area contributed by atoms with Gasteiger partial charge >= 0.3 is 12.1 Å². The summed E-state index contributed by atoms with van der Waals surface area (Å²) in [5.74, 6) is -1.25. The molecule has 0 unspecified atom stereocenters. The predicted molar refractivity (Wildman–Crippen MR) is 80.7 cm³/mol. The molecule has 0 atom stereocenters. The average Bonchev–Trinajstić information content (AvgIpc) is 2.90. The lowest BCUT2D eigenvalue weighted by Gasteiger charge is -2.11. The quantitative estimate of drug-likeness (QED) is 0.673. The first-order valence-electron chi connectivity index (χ1n) is 6.49. The van der Waals surface area contributed by atoms with E-state index in [1.54, 1.807) is 24.3 Å². The van der Waals surface area contributed by atoms with Crippen molar-refractivity contribution in [2.45, 2.75) is 6.18 Å². The van der Waals surface area contributed by atoms with E-state index in [-0.39, 0.29) is 21.8 Å². The van der Waals surface area contributed by atoms with Crippen LogP contribution in [0.25, 0.3) is 22.0 Å². The zero-order valence-electron chi connectivity index (χ0n) is 11.4. The summed E-state index contributed by atoms with van der Waals surface area (Å²) >= 11 is 6.09. The zero-order valence-corrected chi connectivity index (χ0v) is 12.2. The van der Waals surface area contributed by atoms with Crippen LogP contribution in [-0.4, -0.2) is 16.1 Å². The van der Waals surface area contributed by atoms with E-state index in [1.807, 2.05) is 0 Å². The van der Waals surface area contributed by atoms with Crippen LogP contribution in [0, 0.1) is 0 Å². The van der Waals surface area contributed by atoms with E-state index < -0.39 is 17.7 Å². The average molecular weight is 340 g/mol. The van der Waals surface area contributed by atoms with Gasteiger partial charge in [0.1, 0.15) is 5.69 Å². The van der Waals surface area contributed by atoms with Crippen molar-refractivity contribution in [3.05, 3.63) is 58.7 Å². The summed E-state index contributed by atoms with van der Waals surface area (Å²) < 4.78 is 39.3. The van der Waals surface area contributed by atoms with Gasteiger partial charge in [0.15, 0.2) is 0 Å². The molecule has 23 heavy (non-hydrogen) atoms. The number of aromatic carboxylic acids is 1. The highest BCUT2D eigenvalue weighted by atomic mass is 35.5. The summed E-state index contributed by atoms with van der Waals surface area (Å²) in [6.07, 6.45) is -4.56. The van der Waals surface area contributed by atoms with Crippen molar-refractivity contribution in [2.75, 3.05) is 0 Å². The van der Waals surface area contributed by atoms with E-state index in [0.29, 0.717) is 10.9 Å². The molecule has 0 aliphatic rings. The SMILES string of the molecule is O=C(O)c1cc2c(-c3ccccc3Cl)cc(C(F)(F)F)cc2[nH]1. The maximum atomic E-state index is 13.1. The van der Waals surface area contributed by atoms with Gasteiger partial charge in [-0.25, -0.2) is 4.79 Å². The Hall–Kier alpha value is -2.47. The van der Waals surface area contributed by atoms with Crippen molar-refractivity contribution in [1.29, 1.82) is 0 Å². The molecule has 1 heterocycles. The number of hydrogen-bond acceptors (Lipinski definition) is 1. The van der Waals surface area contributed by atoms with Crippen LogP contribution in [-0.2, 0) is 6.18 Å². The molecule has 118 valence electrons. The molecular weight excluding hydrogens is 331 g/mol. The smallest absolute Gasteiger partial charge is 0.416 e. The van der Waals surface area contributed by atoms with Crippen molar-refractivity contribution in [3.63, 3.8) is 0 Å². The molecule has 0 radical (unpaired) electrons. The van der Waals surface area contributed by atoms with Crippen LogP contribution in [0.3, 0.4) is 0 Å². The number of alkyl halides is 3. The molecular formula is C16H9ClF3NO2. The van der Waals surface area contributed by atoms with Crippen molar-refractivity contribution in [1.82, 2.24) is 4.98 Å². The minimum absolute atomic E-state index is 0.0899. The fourth-order valence-corrected chi connectivity index (χ4v) is 2.66. The minimum Gasteiger partial charge on any atom is -0.477 e. The highest BCUT2D eigenvalue weighted by molar-refractivity contribution is 6.33. The Balaban J connectivity index is 2.38. The number of carbonyl (C=O) groups is 1. The van der Waals surface area contributed by atoms with Gasteiger partial charge in [0.05, 0.1) is 5.56 Å². The predicted octanol–water partition coefficient (Wildman–Crippen LogP) is 5.21. The van der Waals surface area contributed by atoms with Gasteiger partial charge in [-0.1, -0.05) is 29.8 Å². The minimum atomic E-state index is -4.56. The molecule has 0 aliphatic carbocycles. The topological polar surface area (TPSA) is 53.1 Å². The Morgan fingerprint density at radius 2 is 1.78 bits per heavy atom. The molecule has 0 fully saturated rings. The van der Waals surface area contributed by atoms with Crippen LogP contribution in [0.4, 0.5) is 13.2 Å². The normalized spacial score (nSPS) is 11.8. The molecule has 7 heteroatoms. The highest BCUT2D eigenvalue weighted by Crippen LogP contribution is 2.39. The second-order valence-corrected chi connectivity index (χ2v) is 5.36. The third-order valence-corrected chi connectivity index (χ3v) is 3.79. The van der Waals surface area contributed by atoms with E-state index in [0.717, 1.165) is 12.1 Å². The fraction of sp³-hybridized carbons (Fsp3) is 0.0625. The first kappa shape index (κ1) is 15.4. The molecule has 0 bridgehead atoms. The number of carboxylic acid groups (broad SMARTS) is 1. The van der Waals surface area contributed by atoms with Gasteiger partial charge in [-0.3, -0.25) is 0 Å². The molecule has 0 saturated carbocycles. The Kier molecular flexibility index (Phi) is 3.56. The maximum Gasteiger partial charge on any atom is 0.416 e. The van der Waals surface area contributed by atoms with Crippen LogP contribution in [0.5, 0.6) is 0 Å².